The molecule has 1 amide bonds. The summed E-state index contributed by atoms with van der Waals surface area (Å²) in [6.07, 6.45) is 4.28. The molecule has 0 spiro atoms. The molecule has 17 heavy (non-hydrogen) atoms. The quantitative estimate of drug-likeness (QED) is 0.764. The van der Waals surface area contributed by atoms with Gasteiger partial charge in [-0.3, -0.25) is 9.59 Å². The number of aliphatic carboxylic acids is 1. The zero-order valence-electron chi connectivity index (χ0n) is 10.7. The van der Waals surface area contributed by atoms with E-state index in [2.05, 4.69) is 5.32 Å². The summed E-state index contributed by atoms with van der Waals surface area (Å²) in [4.78, 5) is 22.8. The van der Waals surface area contributed by atoms with E-state index in [4.69, 9.17) is 5.11 Å². The van der Waals surface area contributed by atoms with Crippen molar-refractivity contribution in [3.8, 4) is 0 Å². The van der Waals surface area contributed by atoms with E-state index in [-0.39, 0.29) is 17.1 Å². The van der Waals surface area contributed by atoms with Gasteiger partial charge in [0.1, 0.15) is 0 Å². The van der Waals surface area contributed by atoms with Gasteiger partial charge < -0.3 is 10.4 Å². The van der Waals surface area contributed by atoms with Crippen LogP contribution in [-0.4, -0.2) is 34.5 Å². The Morgan fingerprint density at radius 2 is 2.00 bits per heavy atom. The largest absolute Gasteiger partial charge is 0.481 e. The molecule has 1 aliphatic carbocycles. The second-order valence-electron chi connectivity index (χ2n) is 5.36. The summed E-state index contributed by atoms with van der Waals surface area (Å²) >= 11 is 1.68. The lowest BCUT2D eigenvalue weighted by Crippen LogP contribution is -2.44. The van der Waals surface area contributed by atoms with Crippen LogP contribution >= 0.6 is 11.8 Å². The molecule has 98 valence electrons. The molecule has 1 saturated carbocycles. The smallest absolute Gasteiger partial charge is 0.310 e. The van der Waals surface area contributed by atoms with Crippen LogP contribution in [0.3, 0.4) is 0 Å². The van der Waals surface area contributed by atoms with Crippen molar-refractivity contribution in [1.29, 1.82) is 0 Å². The summed E-state index contributed by atoms with van der Waals surface area (Å²) in [5, 5.41) is 12.0. The summed E-state index contributed by atoms with van der Waals surface area (Å²) < 4.78 is -0.00827. The van der Waals surface area contributed by atoms with Crippen molar-refractivity contribution in [1.82, 2.24) is 5.32 Å². The number of carboxylic acid groups (broad SMARTS) is 1. The fourth-order valence-electron chi connectivity index (χ4n) is 1.82. The Morgan fingerprint density at radius 3 is 2.35 bits per heavy atom. The molecule has 2 N–H and O–H groups in total. The van der Waals surface area contributed by atoms with Gasteiger partial charge in [0, 0.05) is 17.7 Å². The van der Waals surface area contributed by atoms with Crippen LogP contribution in [0.5, 0.6) is 0 Å². The molecule has 1 fully saturated rings. The van der Waals surface area contributed by atoms with Crippen LogP contribution in [0.4, 0.5) is 0 Å². The maximum Gasteiger partial charge on any atom is 0.310 e. The summed E-state index contributed by atoms with van der Waals surface area (Å²) in [5.41, 5.74) is -0.784. The second kappa shape index (κ2) is 5.29. The fourth-order valence-corrected chi connectivity index (χ4v) is 2.04. The van der Waals surface area contributed by atoms with E-state index >= 15 is 0 Å². The number of carbonyl (C=O) groups is 2. The van der Waals surface area contributed by atoms with Crippen molar-refractivity contribution in [2.24, 2.45) is 5.41 Å². The maximum absolute atomic E-state index is 11.7. The molecule has 0 heterocycles. The SMILES string of the molecule is CSC(C)(C)CNC(=O)CC1(C(=O)O)CCC1. The van der Waals surface area contributed by atoms with Crippen LogP contribution in [0.2, 0.25) is 0 Å². The number of carboxylic acids is 1. The van der Waals surface area contributed by atoms with Gasteiger partial charge in [-0.1, -0.05) is 6.42 Å². The van der Waals surface area contributed by atoms with Gasteiger partial charge in [0.15, 0.2) is 0 Å². The first-order chi connectivity index (χ1) is 7.81. The zero-order valence-corrected chi connectivity index (χ0v) is 11.5. The number of carbonyl (C=O) groups excluding carboxylic acids is 1. The predicted molar refractivity (Wildman–Crippen MR) is 69.1 cm³/mol. The Kier molecular flexibility index (Phi) is 4.47. The van der Waals surface area contributed by atoms with Gasteiger partial charge in [0.2, 0.25) is 5.91 Å². The van der Waals surface area contributed by atoms with E-state index in [1.807, 2.05) is 20.1 Å². The first kappa shape index (κ1) is 14.4. The van der Waals surface area contributed by atoms with Crippen molar-refractivity contribution in [2.75, 3.05) is 12.8 Å². The number of nitrogens with one attached hydrogen (secondary N) is 1. The molecule has 0 bridgehead atoms. The lowest BCUT2D eigenvalue weighted by atomic mass is 9.66. The topological polar surface area (TPSA) is 66.4 Å². The number of hydrogen-bond donors (Lipinski definition) is 2. The minimum Gasteiger partial charge on any atom is -0.481 e. The molecule has 1 aliphatic rings. The van der Waals surface area contributed by atoms with Gasteiger partial charge in [-0.25, -0.2) is 0 Å². The van der Waals surface area contributed by atoms with E-state index in [1.54, 1.807) is 11.8 Å². The van der Waals surface area contributed by atoms with Crippen LogP contribution < -0.4 is 5.32 Å². The van der Waals surface area contributed by atoms with Gasteiger partial charge >= 0.3 is 5.97 Å². The highest BCUT2D eigenvalue weighted by Crippen LogP contribution is 2.44. The molecule has 1 rings (SSSR count). The summed E-state index contributed by atoms with van der Waals surface area (Å²) in [7, 11) is 0. The predicted octanol–water partition coefficient (Wildman–Crippen LogP) is 1.89. The molecule has 0 unspecified atom stereocenters. The van der Waals surface area contributed by atoms with Crippen molar-refractivity contribution in [2.45, 2.75) is 44.3 Å². The Labute approximate surface area is 107 Å². The lowest BCUT2D eigenvalue weighted by Gasteiger charge is -2.37. The number of rotatable bonds is 6. The molecule has 0 saturated heterocycles. The van der Waals surface area contributed by atoms with Crippen LogP contribution in [-0.2, 0) is 9.59 Å². The molecular weight excluding hydrogens is 238 g/mol. The molecule has 0 aromatic heterocycles. The molecular formula is C12H21NO3S. The van der Waals surface area contributed by atoms with Crippen LogP contribution in [0.1, 0.15) is 39.5 Å². The van der Waals surface area contributed by atoms with Gasteiger partial charge in [-0.2, -0.15) is 11.8 Å². The molecule has 0 atom stereocenters. The summed E-state index contributed by atoms with van der Waals surface area (Å²) in [6, 6.07) is 0. The molecule has 0 radical (unpaired) electrons. The third kappa shape index (κ3) is 3.63. The lowest BCUT2D eigenvalue weighted by molar-refractivity contribution is -0.157. The summed E-state index contributed by atoms with van der Waals surface area (Å²) in [5.74, 6) is -0.975. The minimum absolute atomic E-state index is 0.00827. The number of amides is 1. The first-order valence-electron chi connectivity index (χ1n) is 5.87. The highest BCUT2D eigenvalue weighted by Gasteiger charge is 2.45. The molecule has 0 aromatic carbocycles. The van der Waals surface area contributed by atoms with Crippen molar-refractivity contribution in [3.05, 3.63) is 0 Å². The maximum atomic E-state index is 11.7. The van der Waals surface area contributed by atoms with Crippen LogP contribution in [0, 0.1) is 5.41 Å². The number of hydrogen-bond acceptors (Lipinski definition) is 3. The van der Waals surface area contributed by atoms with E-state index in [0.717, 1.165) is 6.42 Å². The van der Waals surface area contributed by atoms with E-state index in [0.29, 0.717) is 19.4 Å². The van der Waals surface area contributed by atoms with Crippen molar-refractivity contribution >= 4 is 23.6 Å². The average Bonchev–Trinajstić information content (AvgIpc) is 2.20. The molecule has 0 aromatic rings. The highest BCUT2D eigenvalue weighted by molar-refractivity contribution is 7.99. The Morgan fingerprint density at radius 1 is 1.41 bits per heavy atom. The first-order valence-corrected chi connectivity index (χ1v) is 7.09. The Bertz CT molecular complexity index is 311. The van der Waals surface area contributed by atoms with Crippen molar-refractivity contribution in [3.63, 3.8) is 0 Å². The molecule has 0 aliphatic heterocycles. The van der Waals surface area contributed by atoms with Gasteiger partial charge in [0.25, 0.3) is 0 Å². The average molecular weight is 259 g/mol. The third-order valence-electron chi connectivity index (χ3n) is 3.53. The second-order valence-corrected chi connectivity index (χ2v) is 6.87. The number of thioether (sulfide) groups is 1. The third-order valence-corrected chi connectivity index (χ3v) is 4.78. The zero-order chi connectivity index (χ0) is 13.1. The van der Waals surface area contributed by atoms with E-state index < -0.39 is 11.4 Å². The van der Waals surface area contributed by atoms with Crippen LogP contribution in [0.15, 0.2) is 0 Å². The van der Waals surface area contributed by atoms with Gasteiger partial charge in [-0.05, 0) is 32.9 Å². The normalized spacial score (nSPS) is 18.3. The Hall–Kier alpha value is -0.710. The van der Waals surface area contributed by atoms with Crippen molar-refractivity contribution < 1.29 is 14.7 Å². The van der Waals surface area contributed by atoms with E-state index in [9.17, 15) is 9.59 Å². The van der Waals surface area contributed by atoms with Crippen LogP contribution in [0.25, 0.3) is 0 Å². The van der Waals surface area contributed by atoms with E-state index in [1.165, 1.54) is 0 Å². The standard InChI is InChI=1S/C12H21NO3S/c1-11(2,17-3)8-13-9(14)7-12(10(15)16)5-4-6-12/h4-8H2,1-3H3,(H,13,14)(H,15,16). The Balaban J connectivity index is 2.42. The van der Waals surface area contributed by atoms with Gasteiger partial charge in [-0.15, -0.1) is 0 Å². The summed E-state index contributed by atoms with van der Waals surface area (Å²) in [6.45, 7) is 4.67. The monoisotopic (exact) mass is 259 g/mol. The molecule has 4 nitrogen and oxygen atoms in total. The molecule has 5 heteroatoms. The highest BCUT2D eigenvalue weighted by atomic mass is 32.2. The van der Waals surface area contributed by atoms with Gasteiger partial charge in [0.05, 0.1) is 5.41 Å². The minimum atomic E-state index is -0.831. The fraction of sp³-hybridized carbons (Fsp3) is 0.833.